The lowest BCUT2D eigenvalue weighted by Crippen LogP contribution is -2.48. The van der Waals surface area contributed by atoms with Gasteiger partial charge in [-0.05, 0) is 49.2 Å². The van der Waals surface area contributed by atoms with Crippen molar-refractivity contribution in [3.63, 3.8) is 0 Å². The third kappa shape index (κ3) is 3.78. The van der Waals surface area contributed by atoms with Gasteiger partial charge in [0.15, 0.2) is 0 Å². The average molecular weight is 465 g/mol. The number of amides is 1. The lowest BCUT2D eigenvalue weighted by Gasteiger charge is -2.36. The molecule has 2 aromatic carbocycles. The normalized spacial score (nSPS) is 14.4. The molecule has 4 aromatic rings. The lowest BCUT2D eigenvalue weighted by atomic mass is 10.1. The summed E-state index contributed by atoms with van der Waals surface area (Å²) >= 11 is 7.56. The van der Waals surface area contributed by atoms with E-state index in [1.165, 1.54) is 28.2 Å². The van der Waals surface area contributed by atoms with E-state index in [2.05, 4.69) is 42.0 Å². The highest BCUT2D eigenvalue weighted by atomic mass is 35.5. The van der Waals surface area contributed by atoms with E-state index < -0.39 is 0 Å². The second-order valence-electron chi connectivity index (χ2n) is 8.38. The maximum absolute atomic E-state index is 13.3. The number of rotatable bonds is 3. The Labute approximate surface area is 196 Å². The van der Waals surface area contributed by atoms with Crippen molar-refractivity contribution in [2.45, 2.75) is 13.8 Å². The summed E-state index contributed by atoms with van der Waals surface area (Å²) < 4.78 is 1.86. The maximum Gasteiger partial charge on any atom is 0.264 e. The molecule has 164 valence electrons. The molecular formula is C25H25ClN4OS. The topological polar surface area (TPSA) is 41.4 Å². The smallest absolute Gasteiger partial charge is 0.264 e. The number of hydrogen-bond donors (Lipinski definition) is 0. The monoisotopic (exact) mass is 464 g/mol. The number of fused-ring (bicyclic) bond motifs is 1. The number of carbonyl (C=O) groups is 1. The minimum absolute atomic E-state index is 0.105. The first-order valence-corrected chi connectivity index (χ1v) is 11.9. The van der Waals surface area contributed by atoms with E-state index in [4.69, 9.17) is 11.6 Å². The molecule has 0 atom stereocenters. The molecule has 0 saturated carbocycles. The second kappa shape index (κ2) is 8.26. The fraction of sp³-hybridized carbons (Fsp3) is 0.280. The van der Waals surface area contributed by atoms with Crippen molar-refractivity contribution >= 4 is 44.7 Å². The van der Waals surface area contributed by atoms with E-state index in [1.807, 2.05) is 47.0 Å². The van der Waals surface area contributed by atoms with E-state index in [0.717, 1.165) is 52.5 Å². The molecule has 0 aliphatic carbocycles. The van der Waals surface area contributed by atoms with Crippen LogP contribution in [0.2, 0.25) is 5.02 Å². The number of halogens is 1. The number of aromatic nitrogens is 2. The van der Waals surface area contributed by atoms with Crippen molar-refractivity contribution in [1.29, 1.82) is 0 Å². The summed E-state index contributed by atoms with van der Waals surface area (Å²) in [6.07, 6.45) is 0. The van der Waals surface area contributed by atoms with Crippen LogP contribution in [0.3, 0.4) is 0 Å². The van der Waals surface area contributed by atoms with Crippen molar-refractivity contribution in [3.8, 4) is 11.3 Å². The van der Waals surface area contributed by atoms with Crippen LogP contribution in [0.5, 0.6) is 0 Å². The highest BCUT2D eigenvalue weighted by Crippen LogP contribution is 2.35. The molecule has 7 heteroatoms. The number of piperazine rings is 1. The maximum atomic E-state index is 13.3. The van der Waals surface area contributed by atoms with E-state index >= 15 is 0 Å². The first kappa shape index (κ1) is 21.0. The van der Waals surface area contributed by atoms with Crippen LogP contribution in [0, 0.1) is 13.8 Å². The number of thiophene rings is 1. The molecule has 32 heavy (non-hydrogen) atoms. The average Bonchev–Trinajstić information content (AvgIpc) is 3.36. The minimum Gasteiger partial charge on any atom is -0.368 e. The van der Waals surface area contributed by atoms with E-state index in [0.29, 0.717) is 5.02 Å². The molecule has 2 aromatic heterocycles. The van der Waals surface area contributed by atoms with Gasteiger partial charge < -0.3 is 9.80 Å². The van der Waals surface area contributed by atoms with Gasteiger partial charge in [0.05, 0.1) is 4.88 Å². The van der Waals surface area contributed by atoms with Gasteiger partial charge in [0.25, 0.3) is 5.91 Å². The van der Waals surface area contributed by atoms with Gasteiger partial charge in [-0.2, -0.15) is 5.10 Å². The number of aryl methyl sites for hydroxylation is 3. The van der Waals surface area contributed by atoms with Crippen LogP contribution in [0.25, 0.3) is 21.5 Å². The molecule has 1 amide bonds. The van der Waals surface area contributed by atoms with Crippen molar-refractivity contribution in [3.05, 3.63) is 69.6 Å². The zero-order valence-electron chi connectivity index (χ0n) is 18.4. The van der Waals surface area contributed by atoms with Gasteiger partial charge in [0.2, 0.25) is 0 Å². The highest BCUT2D eigenvalue weighted by molar-refractivity contribution is 7.20. The number of carbonyl (C=O) groups excluding carboxylic acids is 1. The molecule has 1 saturated heterocycles. The first-order valence-electron chi connectivity index (χ1n) is 10.7. The Morgan fingerprint density at radius 3 is 2.44 bits per heavy atom. The van der Waals surface area contributed by atoms with Crippen LogP contribution in [0.15, 0.2) is 48.5 Å². The lowest BCUT2D eigenvalue weighted by molar-refractivity contribution is 0.0751. The molecule has 1 aliphatic heterocycles. The van der Waals surface area contributed by atoms with Gasteiger partial charge in [-0.1, -0.05) is 35.9 Å². The Bertz CT molecular complexity index is 1300. The van der Waals surface area contributed by atoms with Crippen molar-refractivity contribution in [1.82, 2.24) is 14.7 Å². The van der Waals surface area contributed by atoms with Gasteiger partial charge in [-0.3, -0.25) is 9.48 Å². The van der Waals surface area contributed by atoms with Gasteiger partial charge in [-0.25, -0.2) is 0 Å². The summed E-state index contributed by atoms with van der Waals surface area (Å²) in [5.74, 6) is 0.105. The molecule has 3 heterocycles. The van der Waals surface area contributed by atoms with Gasteiger partial charge >= 0.3 is 0 Å². The molecule has 1 aliphatic rings. The van der Waals surface area contributed by atoms with Gasteiger partial charge in [0.1, 0.15) is 10.5 Å². The zero-order chi connectivity index (χ0) is 22.4. The summed E-state index contributed by atoms with van der Waals surface area (Å²) in [6.45, 7) is 7.41. The summed E-state index contributed by atoms with van der Waals surface area (Å²) in [6, 6.07) is 16.2. The van der Waals surface area contributed by atoms with Gasteiger partial charge in [-0.15, -0.1) is 11.3 Å². The number of nitrogens with zero attached hydrogens (tertiary/aromatic N) is 4. The molecule has 0 radical (unpaired) electrons. The van der Waals surface area contributed by atoms with Crippen molar-refractivity contribution in [2.75, 3.05) is 31.1 Å². The molecule has 0 bridgehead atoms. The van der Waals surface area contributed by atoms with Crippen LogP contribution < -0.4 is 4.90 Å². The molecule has 0 N–H and O–H groups in total. The Balaban J connectivity index is 1.36. The van der Waals surface area contributed by atoms with Crippen molar-refractivity contribution in [2.24, 2.45) is 7.05 Å². The number of benzene rings is 2. The van der Waals surface area contributed by atoms with E-state index in [9.17, 15) is 4.79 Å². The van der Waals surface area contributed by atoms with Crippen LogP contribution >= 0.6 is 22.9 Å². The van der Waals surface area contributed by atoms with E-state index in [-0.39, 0.29) is 5.91 Å². The fourth-order valence-electron chi connectivity index (χ4n) is 4.33. The predicted molar refractivity (Wildman–Crippen MR) is 133 cm³/mol. The minimum atomic E-state index is 0.105. The van der Waals surface area contributed by atoms with Crippen LogP contribution in [0.4, 0.5) is 5.69 Å². The molecule has 5 nitrogen and oxygen atoms in total. The van der Waals surface area contributed by atoms with E-state index in [1.54, 1.807) is 0 Å². The van der Waals surface area contributed by atoms with Crippen molar-refractivity contribution < 1.29 is 4.79 Å². The fourth-order valence-corrected chi connectivity index (χ4v) is 5.50. The summed E-state index contributed by atoms with van der Waals surface area (Å²) in [5, 5.41) is 6.38. The Hall–Kier alpha value is -2.83. The molecule has 0 unspecified atom stereocenters. The second-order valence-corrected chi connectivity index (χ2v) is 9.84. The van der Waals surface area contributed by atoms with Crippen LogP contribution in [-0.2, 0) is 7.05 Å². The Morgan fingerprint density at radius 1 is 1.00 bits per heavy atom. The Kier molecular flexibility index (Phi) is 5.43. The highest BCUT2D eigenvalue weighted by Gasteiger charge is 2.26. The summed E-state index contributed by atoms with van der Waals surface area (Å²) in [7, 11) is 1.93. The molecule has 0 spiro atoms. The number of anilines is 1. The van der Waals surface area contributed by atoms with Crippen LogP contribution in [-0.4, -0.2) is 46.8 Å². The molecule has 5 rings (SSSR count). The standard InChI is InChI=1S/C25H25ClN4OS/c1-16-4-5-17(2)21(14-16)29-10-12-30(13-11-29)24(31)22-15-20-23(27-28(3)25(20)32-22)18-6-8-19(26)9-7-18/h4-9,14-15H,10-13H2,1-3H3. The summed E-state index contributed by atoms with van der Waals surface area (Å²) in [4.78, 5) is 19.4. The third-order valence-corrected chi connectivity index (χ3v) is 7.55. The molecular weight excluding hydrogens is 440 g/mol. The van der Waals surface area contributed by atoms with Gasteiger partial charge in [0, 0.05) is 54.9 Å². The number of hydrogen-bond acceptors (Lipinski definition) is 4. The summed E-state index contributed by atoms with van der Waals surface area (Å²) in [5.41, 5.74) is 5.70. The Morgan fingerprint density at radius 2 is 1.72 bits per heavy atom. The first-order chi connectivity index (χ1) is 15.4. The zero-order valence-corrected chi connectivity index (χ0v) is 20.0. The van der Waals surface area contributed by atoms with Crippen LogP contribution in [0.1, 0.15) is 20.8 Å². The quantitative estimate of drug-likeness (QED) is 0.400. The molecule has 1 fully saturated rings. The third-order valence-electron chi connectivity index (χ3n) is 6.11. The SMILES string of the molecule is Cc1ccc(C)c(N2CCN(C(=O)c3cc4c(-c5ccc(Cl)cc5)nn(C)c4s3)CC2)c1. The predicted octanol–water partition coefficient (Wildman–Crippen LogP) is 5.53. The largest absolute Gasteiger partial charge is 0.368 e.